The first kappa shape index (κ1) is 15.0. The summed E-state index contributed by atoms with van der Waals surface area (Å²) in [6, 6.07) is 11.7. The van der Waals surface area contributed by atoms with E-state index in [0.29, 0.717) is 0 Å². The number of rotatable bonds is 3. The second kappa shape index (κ2) is 7.39. The second-order valence-electron chi connectivity index (χ2n) is 6.80. The van der Waals surface area contributed by atoms with Gasteiger partial charge in [0, 0.05) is 38.8 Å². The molecule has 3 nitrogen and oxygen atoms in total. The standard InChI is InChI=1S/C18H29N3/c1-16-13-20(15-17-5-3-2-4-6-17)11-12-21(14-16)18-7-9-19-10-8-18/h2-6,16,18-19H,7-15H2,1H3. The Morgan fingerprint density at radius 1 is 1.05 bits per heavy atom. The van der Waals surface area contributed by atoms with Crippen molar-refractivity contribution in [3.05, 3.63) is 35.9 Å². The maximum absolute atomic E-state index is 3.49. The van der Waals surface area contributed by atoms with Crippen molar-refractivity contribution in [2.75, 3.05) is 39.3 Å². The quantitative estimate of drug-likeness (QED) is 0.919. The number of hydrogen-bond acceptors (Lipinski definition) is 3. The Bertz CT molecular complexity index is 414. The maximum atomic E-state index is 3.49. The van der Waals surface area contributed by atoms with Gasteiger partial charge in [-0.3, -0.25) is 9.80 Å². The van der Waals surface area contributed by atoms with Crippen molar-refractivity contribution in [1.29, 1.82) is 0 Å². The number of nitrogens with zero attached hydrogens (tertiary/aromatic N) is 2. The van der Waals surface area contributed by atoms with Crippen LogP contribution in [-0.2, 0) is 6.54 Å². The number of nitrogens with one attached hydrogen (secondary N) is 1. The zero-order chi connectivity index (χ0) is 14.5. The summed E-state index contributed by atoms with van der Waals surface area (Å²) in [5.74, 6) is 0.770. The van der Waals surface area contributed by atoms with E-state index in [9.17, 15) is 0 Å². The molecular weight excluding hydrogens is 258 g/mol. The molecule has 2 saturated heterocycles. The average molecular weight is 287 g/mol. The highest BCUT2D eigenvalue weighted by molar-refractivity contribution is 5.14. The van der Waals surface area contributed by atoms with Gasteiger partial charge in [0.25, 0.3) is 0 Å². The third-order valence-electron chi connectivity index (χ3n) is 4.89. The van der Waals surface area contributed by atoms with Gasteiger partial charge in [0.1, 0.15) is 0 Å². The van der Waals surface area contributed by atoms with Crippen LogP contribution in [0.1, 0.15) is 25.3 Å². The number of piperidine rings is 1. The minimum Gasteiger partial charge on any atom is -0.317 e. The van der Waals surface area contributed by atoms with Crippen LogP contribution in [0.25, 0.3) is 0 Å². The van der Waals surface area contributed by atoms with Gasteiger partial charge in [-0.05, 0) is 37.4 Å². The lowest BCUT2D eigenvalue weighted by molar-refractivity contribution is 0.155. The van der Waals surface area contributed by atoms with Gasteiger partial charge < -0.3 is 5.32 Å². The molecule has 1 atom stereocenters. The van der Waals surface area contributed by atoms with Crippen LogP contribution in [0.15, 0.2) is 30.3 Å². The highest BCUT2D eigenvalue weighted by Gasteiger charge is 2.26. The van der Waals surface area contributed by atoms with Crippen molar-refractivity contribution < 1.29 is 0 Å². The zero-order valence-electron chi connectivity index (χ0n) is 13.3. The predicted octanol–water partition coefficient (Wildman–Crippen LogP) is 2.19. The van der Waals surface area contributed by atoms with E-state index in [1.54, 1.807) is 0 Å². The van der Waals surface area contributed by atoms with Crippen LogP contribution in [-0.4, -0.2) is 55.1 Å². The molecule has 0 radical (unpaired) electrons. The molecule has 3 heteroatoms. The van der Waals surface area contributed by atoms with Crippen molar-refractivity contribution in [1.82, 2.24) is 15.1 Å². The fourth-order valence-electron chi connectivity index (χ4n) is 3.84. The van der Waals surface area contributed by atoms with Crippen LogP contribution in [0.4, 0.5) is 0 Å². The topological polar surface area (TPSA) is 18.5 Å². The molecule has 0 aliphatic carbocycles. The summed E-state index contributed by atoms with van der Waals surface area (Å²) in [6.07, 6.45) is 2.65. The molecule has 0 aromatic heterocycles. The molecule has 1 unspecified atom stereocenters. The Kier molecular flexibility index (Phi) is 5.28. The lowest BCUT2D eigenvalue weighted by Crippen LogP contribution is -2.45. The summed E-state index contributed by atoms with van der Waals surface area (Å²) in [5, 5.41) is 3.49. The van der Waals surface area contributed by atoms with E-state index >= 15 is 0 Å². The van der Waals surface area contributed by atoms with E-state index < -0.39 is 0 Å². The van der Waals surface area contributed by atoms with Crippen LogP contribution < -0.4 is 5.32 Å². The molecule has 0 bridgehead atoms. The fourth-order valence-corrected chi connectivity index (χ4v) is 3.84. The molecule has 1 aromatic rings. The first-order valence-corrected chi connectivity index (χ1v) is 8.52. The third-order valence-corrected chi connectivity index (χ3v) is 4.89. The summed E-state index contributed by atoms with van der Waals surface area (Å²) in [4.78, 5) is 5.40. The Morgan fingerprint density at radius 2 is 1.81 bits per heavy atom. The zero-order valence-corrected chi connectivity index (χ0v) is 13.3. The van der Waals surface area contributed by atoms with E-state index in [-0.39, 0.29) is 0 Å². The molecule has 2 fully saturated rings. The van der Waals surface area contributed by atoms with Crippen molar-refractivity contribution in [3.8, 4) is 0 Å². The summed E-state index contributed by atoms with van der Waals surface area (Å²) in [7, 11) is 0. The van der Waals surface area contributed by atoms with Crippen LogP contribution >= 0.6 is 0 Å². The first-order valence-electron chi connectivity index (χ1n) is 8.52. The van der Waals surface area contributed by atoms with E-state index in [4.69, 9.17) is 0 Å². The molecule has 0 spiro atoms. The van der Waals surface area contributed by atoms with E-state index in [2.05, 4.69) is 52.4 Å². The van der Waals surface area contributed by atoms with Crippen molar-refractivity contribution >= 4 is 0 Å². The van der Waals surface area contributed by atoms with Crippen molar-refractivity contribution in [2.24, 2.45) is 5.92 Å². The van der Waals surface area contributed by atoms with Crippen LogP contribution in [0.2, 0.25) is 0 Å². The highest BCUT2D eigenvalue weighted by Crippen LogP contribution is 2.18. The molecule has 1 N–H and O–H groups in total. The van der Waals surface area contributed by atoms with Gasteiger partial charge >= 0.3 is 0 Å². The molecule has 2 aliphatic heterocycles. The molecule has 2 aliphatic rings. The largest absolute Gasteiger partial charge is 0.317 e. The predicted molar refractivity (Wildman–Crippen MR) is 88.3 cm³/mol. The molecule has 3 rings (SSSR count). The van der Waals surface area contributed by atoms with Gasteiger partial charge in [-0.25, -0.2) is 0 Å². The maximum Gasteiger partial charge on any atom is 0.0234 e. The first-order chi connectivity index (χ1) is 10.3. The average Bonchev–Trinajstić information content (AvgIpc) is 2.71. The van der Waals surface area contributed by atoms with E-state index in [1.165, 1.54) is 57.7 Å². The van der Waals surface area contributed by atoms with Crippen molar-refractivity contribution in [2.45, 2.75) is 32.4 Å². The van der Waals surface area contributed by atoms with Gasteiger partial charge in [0.2, 0.25) is 0 Å². The third kappa shape index (κ3) is 4.29. The van der Waals surface area contributed by atoms with Gasteiger partial charge in [-0.1, -0.05) is 37.3 Å². The highest BCUT2D eigenvalue weighted by atomic mass is 15.2. The number of benzene rings is 1. The smallest absolute Gasteiger partial charge is 0.0234 e. The lowest BCUT2D eigenvalue weighted by Gasteiger charge is -2.34. The van der Waals surface area contributed by atoms with Crippen molar-refractivity contribution in [3.63, 3.8) is 0 Å². The van der Waals surface area contributed by atoms with Gasteiger partial charge in [0.15, 0.2) is 0 Å². The van der Waals surface area contributed by atoms with Gasteiger partial charge in [-0.2, -0.15) is 0 Å². The Morgan fingerprint density at radius 3 is 2.57 bits per heavy atom. The molecular formula is C18H29N3. The summed E-state index contributed by atoms with van der Waals surface area (Å²) in [6.45, 7) is 10.9. The number of hydrogen-bond donors (Lipinski definition) is 1. The molecule has 0 saturated carbocycles. The summed E-state index contributed by atoms with van der Waals surface area (Å²) >= 11 is 0. The van der Waals surface area contributed by atoms with Gasteiger partial charge in [-0.15, -0.1) is 0 Å². The van der Waals surface area contributed by atoms with E-state index in [1.807, 2.05) is 0 Å². The molecule has 0 amide bonds. The lowest BCUT2D eigenvalue weighted by atomic mass is 10.0. The molecule has 116 valence electrons. The van der Waals surface area contributed by atoms with Gasteiger partial charge in [0.05, 0.1) is 0 Å². The molecule has 1 aromatic carbocycles. The van der Waals surface area contributed by atoms with Crippen LogP contribution in [0, 0.1) is 5.92 Å². The van der Waals surface area contributed by atoms with Crippen LogP contribution in [0.5, 0.6) is 0 Å². The Balaban J connectivity index is 1.57. The fraction of sp³-hybridized carbons (Fsp3) is 0.667. The SMILES string of the molecule is CC1CN(Cc2ccccc2)CCN(C2CCNCC2)C1. The Hall–Kier alpha value is -0.900. The minimum absolute atomic E-state index is 0.770. The summed E-state index contributed by atoms with van der Waals surface area (Å²) < 4.78 is 0. The summed E-state index contributed by atoms with van der Waals surface area (Å²) in [5.41, 5.74) is 1.44. The monoisotopic (exact) mass is 287 g/mol. The van der Waals surface area contributed by atoms with E-state index in [0.717, 1.165) is 18.5 Å². The minimum atomic E-state index is 0.770. The second-order valence-corrected chi connectivity index (χ2v) is 6.80. The molecule has 2 heterocycles. The Labute approximate surface area is 129 Å². The van der Waals surface area contributed by atoms with Crippen LogP contribution in [0.3, 0.4) is 0 Å². The normalized spacial score (nSPS) is 26.6. The molecule has 21 heavy (non-hydrogen) atoms.